The van der Waals surface area contributed by atoms with E-state index in [1.165, 1.54) is 5.56 Å². The molecule has 1 heterocycles. The molecule has 1 N–H and O–H groups in total. The molecule has 0 aromatic heterocycles. The van der Waals surface area contributed by atoms with Crippen molar-refractivity contribution in [1.82, 2.24) is 0 Å². The number of carbonyl (C=O) groups excluding carboxylic acids is 1. The van der Waals surface area contributed by atoms with Gasteiger partial charge in [0.2, 0.25) is 5.91 Å². The van der Waals surface area contributed by atoms with E-state index >= 15 is 0 Å². The molecule has 2 aromatic rings. The Hall–Kier alpha value is -2.29. The molecule has 0 aliphatic carbocycles. The standard InChI is InChI=1S/C18H20N2O/c1-2-20(15-9-4-3-5-10-15)18(21)17-13-12-14-8-6-7-11-16(14)19-17/h3-11,17,19H,2,12-13H2,1H3. The van der Waals surface area contributed by atoms with Gasteiger partial charge in [-0.05, 0) is 43.5 Å². The third kappa shape index (κ3) is 2.77. The van der Waals surface area contributed by atoms with Gasteiger partial charge in [0.15, 0.2) is 0 Å². The molecular formula is C18H20N2O. The lowest BCUT2D eigenvalue weighted by atomic mass is 9.97. The maximum atomic E-state index is 12.8. The Morgan fingerprint density at radius 1 is 1.14 bits per heavy atom. The summed E-state index contributed by atoms with van der Waals surface area (Å²) in [6.45, 7) is 2.70. The van der Waals surface area contributed by atoms with E-state index in [1.807, 2.05) is 60.4 Å². The van der Waals surface area contributed by atoms with E-state index in [-0.39, 0.29) is 11.9 Å². The number of likely N-dealkylation sites (N-methyl/N-ethyl adjacent to an activating group) is 1. The number of para-hydroxylation sites is 2. The Balaban J connectivity index is 1.79. The molecule has 21 heavy (non-hydrogen) atoms. The lowest BCUT2D eigenvalue weighted by Gasteiger charge is -2.31. The third-order valence-electron chi connectivity index (χ3n) is 4.00. The monoisotopic (exact) mass is 280 g/mol. The van der Waals surface area contributed by atoms with Gasteiger partial charge in [-0.1, -0.05) is 36.4 Å². The molecule has 0 spiro atoms. The zero-order valence-electron chi connectivity index (χ0n) is 12.3. The quantitative estimate of drug-likeness (QED) is 0.933. The van der Waals surface area contributed by atoms with Crippen LogP contribution in [0.25, 0.3) is 0 Å². The van der Waals surface area contributed by atoms with Crippen LogP contribution in [0.5, 0.6) is 0 Å². The summed E-state index contributed by atoms with van der Waals surface area (Å²) in [5.74, 6) is 0.151. The van der Waals surface area contributed by atoms with Gasteiger partial charge in [-0.25, -0.2) is 0 Å². The first-order valence-electron chi connectivity index (χ1n) is 7.50. The summed E-state index contributed by atoms with van der Waals surface area (Å²) in [6.07, 6.45) is 1.80. The molecule has 0 radical (unpaired) electrons. The fourth-order valence-corrected chi connectivity index (χ4v) is 2.89. The van der Waals surface area contributed by atoms with Crippen LogP contribution in [0.3, 0.4) is 0 Å². The normalized spacial score (nSPS) is 16.7. The molecule has 1 unspecified atom stereocenters. The van der Waals surface area contributed by atoms with E-state index in [0.717, 1.165) is 24.2 Å². The molecule has 3 rings (SSSR count). The molecule has 0 fully saturated rings. The average Bonchev–Trinajstić information content (AvgIpc) is 2.56. The lowest BCUT2D eigenvalue weighted by molar-refractivity contribution is -0.119. The Kier molecular flexibility index (Phi) is 3.91. The van der Waals surface area contributed by atoms with Crippen molar-refractivity contribution in [2.24, 2.45) is 0 Å². The summed E-state index contributed by atoms with van der Waals surface area (Å²) >= 11 is 0. The van der Waals surface area contributed by atoms with Crippen molar-refractivity contribution in [3.05, 3.63) is 60.2 Å². The van der Waals surface area contributed by atoms with E-state index in [1.54, 1.807) is 0 Å². The van der Waals surface area contributed by atoms with Gasteiger partial charge < -0.3 is 10.2 Å². The molecular weight excluding hydrogens is 260 g/mol. The molecule has 2 aromatic carbocycles. The van der Waals surface area contributed by atoms with Crippen molar-refractivity contribution >= 4 is 17.3 Å². The second-order valence-electron chi connectivity index (χ2n) is 5.31. The SMILES string of the molecule is CCN(C(=O)C1CCc2ccccc2N1)c1ccccc1. The predicted molar refractivity (Wildman–Crippen MR) is 86.6 cm³/mol. The number of hydrogen-bond acceptors (Lipinski definition) is 2. The van der Waals surface area contributed by atoms with Crippen LogP contribution in [0.2, 0.25) is 0 Å². The van der Waals surface area contributed by atoms with E-state index < -0.39 is 0 Å². The van der Waals surface area contributed by atoms with Crippen molar-refractivity contribution in [3.8, 4) is 0 Å². The molecule has 0 bridgehead atoms. The minimum absolute atomic E-state index is 0.139. The van der Waals surface area contributed by atoms with Gasteiger partial charge in [0.1, 0.15) is 6.04 Å². The van der Waals surface area contributed by atoms with Crippen molar-refractivity contribution in [2.45, 2.75) is 25.8 Å². The number of nitrogens with zero attached hydrogens (tertiary/aromatic N) is 1. The summed E-state index contributed by atoms with van der Waals surface area (Å²) in [5.41, 5.74) is 3.35. The number of anilines is 2. The van der Waals surface area contributed by atoms with Crippen LogP contribution in [0.1, 0.15) is 18.9 Å². The number of aryl methyl sites for hydroxylation is 1. The molecule has 3 nitrogen and oxygen atoms in total. The van der Waals surface area contributed by atoms with Crippen LogP contribution in [0.15, 0.2) is 54.6 Å². The number of nitrogens with one attached hydrogen (secondary N) is 1. The highest BCUT2D eigenvalue weighted by Gasteiger charge is 2.27. The molecule has 1 atom stereocenters. The van der Waals surface area contributed by atoms with E-state index in [0.29, 0.717) is 6.54 Å². The second kappa shape index (κ2) is 6.00. The van der Waals surface area contributed by atoms with Gasteiger partial charge in [0.05, 0.1) is 0 Å². The van der Waals surface area contributed by atoms with Crippen molar-refractivity contribution in [3.63, 3.8) is 0 Å². The average molecular weight is 280 g/mol. The first-order valence-corrected chi connectivity index (χ1v) is 7.50. The van der Waals surface area contributed by atoms with Crippen LogP contribution in [-0.2, 0) is 11.2 Å². The van der Waals surface area contributed by atoms with Crippen molar-refractivity contribution in [2.75, 3.05) is 16.8 Å². The van der Waals surface area contributed by atoms with Gasteiger partial charge >= 0.3 is 0 Å². The highest BCUT2D eigenvalue weighted by molar-refractivity contribution is 5.99. The molecule has 0 saturated heterocycles. The zero-order chi connectivity index (χ0) is 14.7. The smallest absolute Gasteiger partial charge is 0.249 e. The molecule has 1 aliphatic rings. The fraction of sp³-hybridized carbons (Fsp3) is 0.278. The molecule has 1 aliphatic heterocycles. The molecule has 3 heteroatoms. The van der Waals surface area contributed by atoms with Gasteiger partial charge in [-0.3, -0.25) is 4.79 Å². The number of carbonyl (C=O) groups is 1. The molecule has 0 saturated carbocycles. The van der Waals surface area contributed by atoms with Crippen LogP contribution < -0.4 is 10.2 Å². The fourth-order valence-electron chi connectivity index (χ4n) is 2.89. The van der Waals surface area contributed by atoms with Crippen LogP contribution in [0, 0.1) is 0 Å². The summed E-state index contributed by atoms with van der Waals surface area (Å²) in [5, 5.41) is 3.39. The third-order valence-corrected chi connectivity index (χ3v) is 4.00. The van der Waals surface area contributed by atoms with Gasteiger partial charge in [-0.2, -0.15) is 0 Å². The summed E-state index contributed by atoms with van der Waals surface area (Å²) < 4.78 is 0. The first-order chi connectivity index (χ1) is 10.3. The Morgan fingerprint density at radius 3 is 2.62 bits per heavy atom. The lowest BCUT2D eigenvalue weighted by Crippen LogP contribution is -2.44. The van der Waals surface area contributed by atoms with E-state index in [2.05, 4.69) is 11.4 Å². The summed E-state index contributed by atoms with van der Waals surface area (Å²) in [6, 6.07) is 18.0. The van der Waals surface area contributed by atoms with Gasteiger partial charge in [0.25, 0.3) is 0 Å². The number of amides is 1. The van der Waals surface area contributed by atoms with Crippen molar-refractivity contribution < 1.29 is 4.79 Å². The maximum Gasteiger partial charge on any atom is 0.249 e. The van der Waals surface area contributed by atoms with Crippen LogP contribution in [0.4, 0.5) is 11.4 Å². The largest absolute Gasteiger partial charge is 0.373 e. The zero-order valence-corrected chi connectivity index (χ0v) is 12.3. The molecule has 1 amide bonds. The Labute approximate surface area is 125 Å². The topological polar surface area (TPSA) is 32.3 Å². The minimum atomic E-state index is -0.139. The highest BCUT2D eigenvalue weighted by atomic mass is 16.2. The number of rotatable bonds is 3. The molecule has 108 valence electrons. The first kappa shape index (κ1) is 13.7. The van der Waals surface area contributed by atoms with Gasteiger partial charge in [-0.15, -0.1) is 0 Å². The van der Waals surface area contributed by atoms with E-state index in [9.17, 15) is 4.79 Å². The Morgan fingerprint density at radius 2 is 1.86 bits per heavy atom. The predicted octanol–water partition coefficient (Wildman–Crippen LogP) is 3.47. The van der Waals surface area contributed by atoms with Gasteiger partial charge in [0, 0.05) is 17.9 Å². The number of fused-ring (bicyclic) bond motifs is 1. The maximum absolute atomic E-state index is 12.8. The minimum Gasteiger partial charge on any atom is -0.373 e. The van der Waals surface area contributed by atoms with Crippen LogP contribution >= 0.6 is 0 Å². The summed E-state index contributed by atoms with van der Waals surface area (Å²) in [4.78, 5) is 14.7. The Bertz CT molecular complexity index is 624. The summed E-state index contributed by atoms with van der Waals surface area (Å²) in [7, 11) is 0. The van der Waals surface area contributed by atoms with Crippen LogP contribution in [-0.4, -0.2) is 18.5 Å². The number of benzene rings is 2. The number of hydrogen-bond donors (Lipinski definition) is 1. The van der Waals surface area contributed by atoms with Crippen molar-refractivity contribution in [1.29, 1.82) is 0 Å². The van der Waals surface area contributed by atoms with E-state index in [4.69, 9.17) is 0 Å². The second-order valence-corrected chi connectivity index (χ2v) is 5.31. The highest BCUT2D eigenvalue weighted by Crippen LogP contribution is 2.26.